The molecule has 2 aromatic carbocycles. The number of aromatic nitrogens is 3. The Labute approximate surface area is 181 Å². The minimum Gasteiger partial charge on any atom is -0.341 e. The summed E-state index contributed by atoms with van der Waals surface area (Å²) in [4.78, 5) is 19.5. The lowest BCUT2D eigenvalue weighted by Gasteiger charge is -2.34. The summed E-state index contributed by atoms with van der Waals surface area (Å²) in [6, 6.07) is 19.9. The lowest BCUT2D eigenvalue weighted by molar-refractivity contribution is -0.130. The van der Waals surface area contributed by atoms with Crippen molar-refractivity contribution >= 4 is 17.7 Å². The van der Waals surface area contributed by atoms with Crippen LogP contribution in [0.15, 0.2) is 65.8 Å². The molecule has 1 fully saturated rings. The monoisotopic (exact) mass is 418 g/mol. The number of likely N-dealkylation sites (tertiary alicyclic amines) is 1. The highest BCUT2D eigenvalue weighted by molar-refractivity contribution is 7.99. The van der Waals surface area contributed by atoms with Gasteiger partial charge in [0.2, 0.25) is 11.1 Å². The second kappa shape index (κ2) is 9.39. The normalized spacial score (nSPS) is 18.9. The van der Waals surface area contributed by atoms with Gasteiger partial charge in [-0.25, -0.2) is 4.98 Å². The number of piperidine rings is 1. The molecule has 4 rings (SSSR count). The number of hydrogen-bond donors (Lipinski definition) is 0. The molecule has 0 spiro atoms. The molecule has 1 amide bonds. The number of carbonyl (C=O) groups excluding carboxylic acids is 1. The Morgan fingerprint density at radius 1 is 0.900 bits per heavy atom. The van der Waals surface area contributed by atoms with Crippen molar-refractivity contribution in [2.24, 2.45) is 11.8 Å². The summed E-state index contributed by atoms with van der Waals surface area (Å²) in [5.41, 5.74) is 3.49. The Kier molecular flexibility index (Phi) is 6.43. The maximum atomic E-state index is 12.7. The summed E-state index contributed by atoms with van der Waals surface area (Å²) in [5.74, 6) is 1.58. The van der Waals surface area contributed by atoms with E-state index in [-0.39, 0.29) is 5.91 Å². The van der Waals surface area contributed by atoms with Crippen LogP contribution >= 0.6 is 11.8 Å². The van der Waals surface area contributed by atoms with Gasteiger partial charge in [0.05, 0.1) is 5.75 Å². The fourth-order valence-electron chi connectivity index (χ4n) is 4.04. The predicted molar refractivity (Wildman–Crippen MR) is 121 cm³/mol. The quantitative estimate of drug-likeness (QED) is 0.557. The highest BCUT2D eigenvalue weighted by Crippen LogP contribution is 2.30. The fraction of sp³-hybridized carbons (Fsp3) is 0.333. The van der Waals surface area contributed by atoms with Crippen LogP contribution in [0.3, 0.4) is 0 Å². The van der Waals surface area contributed by atoms with E-state index in [1.807, 2.05) is 65.6 Å². The molecule has 6 heteroatoms. The zero-order valence-corrected chi connectivity index (χ0v) is 18.2. The van der Waals surface area contributed by atoms with Gasteiger partial charge in [-0.05, 0) is 18.3 Å². The van der Waals surface area contributed by atoms with Crippen LogP contribution in [0.25, 0.3) is 22.5 Å². The molecule has 154 valence electrons. The molecule has 0 saturated carbocycles. The van der Waals surface area contributed by atoms with Crippen molar-refractivity contribution in [3.8, 4) is 22.5 Å². The number of thioether (sulfide) groups is 1. The van der Waals surface area contributed by atoms with Gasteiger partial charge in [-0.2, -0.15) is 0 Å². The Hall–Kier alpha value is -2.73. The summed E-state index contributed by atoms with van der Waals surface area (Å²) >= 11 is 1.36. The van der Waals surface area contributed by atoms with Gasteiger partial charge in [0.25, 0.3) is 0 Å². The largest absolute Gasteiger partial charge is 0.341 e. The van der Waals surface area contributed by atoms with Crippen LogP contribution in [0.1, 0.15) is 20.3 Å². The summed E-state index contributed by atoms with van der Waals surface area (Å²) < 4.78 is 0. The van der Waals surface area contributed by atoms with Crippen LogP contribution in [0, 0.1) is 11.8 Å². The number of amides is 1. The standard InChI is InChI=1S/C24H26N4OS/c1-17-13-18(2)15-28(14-17)21(29)16-30-24-25-22(19-9-5-3-6-10-19)23(26-27-24)20-11-7-4-8-12-20/h3-12,17-18H,13-16H2,1-2H3/t17-,18-/m1/s1. The number of hydrogen-bond acceptors (Lipinski definition) is 5. The van der Waals surface area contributed by atoms with E-state index in [1.54, 1.807) is 0 Å². The molecule has 0 radical (unpaired) electrons. The van der Waals surface area contributed by atoms with E-state index in [4.69, 9.17) is 4.98 Å². The third kappa shape index (κ3) is 4.87. The molecule has 1 aliphatic rings. The zero-order chi connectivity index (χ0) is 20.9. The van der Waals surface area contributed by atoms with Gasteiger partial charge in [-0.3, -0.25) is 4.79 Å². The van der Waals surface area contributed by atoms with Crippen LogP contribution in [-0.2, 0) is 4.79 Å². The van der Waals surface area contributed by atoms with Crippen LogP contribution < -0.4 is 0 Å². The molecule has 2 atom stereocenters. The molecule has 1 aliphatic heterocycles. The second-order valence-corrected chi connectivity index (χ2v) is 9.00. The van der Waals surface area contributed by atoms with Gasteiger partial charge in [0.1, 0.15) is 11.4 Å². The van der Waals surface area contributed by atoms with Crippen molar-refractivity contribution in [2.45, 2.75) is 25.4 Å². The maximum absolute atomic E-state index is 12.7. The first-order chi connectivity index (χ1) is 14.6. The Balaban J connectivity index is 1.55. The molecule has 0 N–H and O–H groups in total. The average Bonchev–Trinajstić information content (AvgIpc) is 2.78. The van der Waals surface area contributed by atoms with Gasteiger partial charge in [-0.15, -0.1) is 10.2 Å². The van der Waals surface area contributed by atoms with Crippen molar-refractivity contribution in [2.75, 3.05) is 18.8 Å². The van der Waals surface area contributed by atoms with E-state index < -0.39 is 0 Å². The summed E-state index contributed by atoms with van der Waals surface area (Å²) in [6.45, 7) is 6.10. The third-order valence-corrected chi connectivity index (χ3v) is 6.13. The van der Waals surface area contributed by atoms with E-state index in [2.05, 4.69) is 24.0 Å². The first-order valence-corrected chi connectivity index (χ1v) is 11.3. The van der Waals surface area contributed by atoms with Gasteiger partial charge in [0, 0.05) is 24.2 Å². The first kappa shape index (κ1) is 20.5. The van der Waals surface area contributed by atoms with Crippen molar-refractivity contribution in [3.63, 3.8) is 0 Å². The number of rotatable bonds is 5. The minimum atomic E-state index is 0.149. The number of nitrogens with zero attached hydrogens (tertiary/aromatic N) is 4. The van der Waals surface area contributed by atoms with E-state index in [9.17, 15) is 4.79 Å². The molecule has 0 unspecified atom stereocenters. The van der Waals surface area contributed by atoms with Crippen LogP contribution in [0.5, 0.6) is 0 Å². The highest BCUT2D eigenvalue weighted by atomic mass is 32.2. The number of benzene rings is 2. The van der Waals surface area contributed by atoms with Crippen LogP contribution in [-0.4, -0.2) is 44.8 Å². The van der Waals surface area contributed by atoms with Crippen molar-refractivity contribution < 1.29 is 4.79 Å². The van der Waals surface area contributed by atoms with E-state index >= 15 is 0 Å². The predicted octanol–water partition coefficient (Wildman–Crippen LogP) is 4.80. The topological polar surface area (TPSA) is 59.0 Å². The summed E-state index contributed by atoms with van der Waals surface area (Å²) in [7, 11) is 0. The van der Waals surface area contributed by atoms with Crippen molar-refractivity contribution in [3.05, 3.63) is 60.7 Å². The molecule has 3 aromatic rings. The van der Waals surface area contributed by atoms with Gasteiger partial charge in [-0.1, -0.05) is 86.3 Å². The summed E-state index contributed by atoms with van der Waals surface area (Å²) in [6.07, 6.45) is 1.19. The zero-order valence-electron chi connectivity index (χ0n) is 17.4. The molecular formula is C24H26N4OS. The molecule has 2 heterocycles. The molecule has 0 bridgehead atoms. The molecule has 0 aliphatic carbocycles. The van der Waals surface area contributed by atoms with Gasteiger partial charge in [0.15, 0.2) is 0 Å². The number of carbonyl (C=O) groups is 1. The van der Waals surface area contributed by atoms with Gasteiger partial charge >= 0.3 is 0 Å². The van der Waals surface area contributed by atoms with E-state index in [0.717, 1.165) is 35.6 Å². The lowest BCUT2D eigenvalue weighted by Crippen LogP contribution is -2.43. The fourth-order valence-corrected chi connectivity index (χ4v) is 4.73. The summed E-state index contributed by atoms with van der Waals surface area (Å²) in [5, 5.41) is 9.33. The average molecular weight is 419 g/mol. The lowest BCUT2D eigenvalue weighted by atomic mass is 9.92. The molecule has 1 saturated heterocycles. The molecule has 5 nitrogen and oxygen atoms in total. The van der Waals surface area contributed by atoms with Crippen LogP contribution in [0.4, 0.5) is 0 Å². The maximum Gasteiger partial charge on any atom is 0.233 e. The Morgan fingerprint density at radius 3 is 2.07 bits per heavy atom. The van der Waals surface area contributed by atoms with E-state index in [0.29, 0.717) is 22.7 Å². The molecular weight excluding hydrogens is 392 g/mol. The third-order valence-electron chi connectivity index (χ3n) is 5.31. The van der Waals surface area contributed by atoms with E-state index in [1.165, 1.54) is 18.2 Å². The molecule has 1 aromatic heterocycles. The SMILES string of the molecule is C[C@@H]1C[C@@H](C)CN(C(=O)CSc2nnc(-c3ccccc3)c(-c3ccccc3)n2)C1. The Bertz CT molecular complexity index is 987. The van der Waals surface area contributed by atoms with Crippen molar-refractivity contribution in [1.82, 2.24) is 20.1 Å². The van der Waals surface area contributed by atoms with Crippen LogP contribution in [0.2, 0.25) is 0 Å². The molecule has 30 heavy (non-hydrogen) atoms. The highest BCUT2D eigenvalue weighted by Gasteiger charge is 2.25. The first-order valence-electron chi connectivity index (χ1n) is 10.4. The Morgan fingerprint density at radius 2 is 1.47 bits per heavy atom. The van der Waals surface area contributed by atoms with Gasteiger partial charge < -0.3 is 4.90 Å². The minimum absolute atomic E-state index is 0.149. The second-order valence-electron chi connectivity index (χ2n) is 8.06. The van der Waals surface area contributed by atoms with Crippen molar-refractivity contribution in [1.29, 1.82) is 0 Å². The smallest absolute Gasteiger partial charge is 0.233 e.